The molecule has 0 unspecified atom stereocenters. The third-order valence-electron chi connectivity index (χ3n) is 3.37. The fraction of sp³-hybridized carbons (Fsp3) is 0.176. The predicted octanol–water partition coefficient (Wildman–Crippen LogP) is 3.70. The van der Waals surface area contributed by atoms with Crippen LogP contribution in [-0.2, 0) is 6.61 Å². The number of carbonyl (C=O) groups excluding carboxylic acids is 1. The zero-order valence-corrected chi connectivity index (χ0v) is 13.9. The van der Waals surface area contributed by atoms with Gasteiger partial charge in [0.15, 0.2) is 17.4 Å². The highest BCUT2D eigenvalue weighted by Gasteiger charge is 2.15. The number of aromatic nitrogens is 2. The van der Waals surface area contributed by atoms with Gasteiger partial charge in [-0.15, -0.1) is 0 Å². The highest BCUT2D eigenvalue weighted by Crippen LogP contribution is 2.24. The van der Waals surface area contributed by atoms with E-state index in [0.29, 0.717) is 16.5 Å². The zero-order valence-electron chi connectivity index (χ0n) is 13.9. The molecule has 0 saturated carbocycles. The smallest absolute Gasteiger partial charge is 0.293 e. The molecule has 0 spiro atoms. The van der Waals surface area contributed by atoms with Crippen molar-refractivity contribution >= 4 is 16.8 Å². The Morgan fingerprint density at radius 2 is 2.00 bits per heavy atom. The van der Waals surface area contributed by atoms with E-state index >= 15 is 0 Å². The van der Waals surface area contributed by atoms with E-state index in [0.717, 1.165) is 12.1 Å². The predicted molar refractivity (Wildman–Crippen MR) is 87.3 cm³/mol. The number of benzene rings is 1. The van der Waals surface area contributed by atoms with E-state index in [1.807, 2.05) is 13.8 Å². The van der Waals surface area contributed by atoms with Gasteiger partial charge in [-0.05, 0) is 18.2 Å². The second kappa shape index (κ2) is 8.34. The maximum Gasteiger partial charge on any atom is 0.293 e. The minimum atomic E-state index is -1.60. The molecule has 3 N–H and O–H groups in total. The van der Waals surface area contributed by atoms with Crippen LogP contribution in [0.1, 0.15) is 29.9 Å². The SMILES string of the molecule is CC.O=C(NO)c1cc2[nH]cc(COc3ccc(F)c(F)c3F)c2cn1. The first kappa shape index (κ1) is 19.3. The summed E-state index contributed by atoms with van der Waals surface area (Å²) in [4.78, 5) is 18.0. The van der Waals surface area contributed by atoms with Crippen LogP contribution in [0, 0.1) is 17.5 Å². The van der Waals surface area contributed by atoms with Crippen molar-refractivity contribution < 1.29 is 27.9 Å². The molecule has 6 nitrogen and oxygen atoms in total. The number of ether oxygens (including phenoxy) is 1. The summed E-state index contributed by atoms with van der Waals surface area (Å²) in [6.07, 6.45) is 2.92. The normalized spacial score (nSPS) is 10.2. The average molecular weight is 367 g/mol. The van der Waals surface area contributed by atoms with Crippen LogP contribution in [-0.4, -0.2) is 21.1 Å². The molecule has 0 aliphatic carbocycles. The van der Waals surface area contributed by atoms with E-state index in [-0.39, 0.29) is 12.3 Å². The number of amides is 1. The van der Waals surface area contributed by atoms with Crippen molar-refractivity contribution in [1.29, 1.82) is 0 Å². The summed E-state index contributed by atoms with van der Waals surface area (Å²) in [6.45, 7) is 3.87. The largest absolute Gasteiger partial charge is 0.486 e. The van der Waals surface area contributed by atoms with Gasteiger partial charge in [0, 0.05) is 28.9 Å². The lowest BCUT2D eigenvalue weighted by atomic mass is 10.2. The Bertz CT molecular complexity index is 928. The molecule has 3 rings (SSSR count). The van der Waals surface area contributed by atoms with Crippen molar-refractivity contribution in [3.63, 3.8) is 0 Å². The summed E-state index contributed by atoms with van der Waals surface area (Å²) in [6, 6.07) is 3.16. The molecule has 3 aromatic rings. The first-order chi connectivity index (χ1) is 12.5. The van der Waals surface area contributed by atoms with Crippen LogP contribution >= 0.6 is 0 Å². The monoisotopic (exact) mass is 367 g/mol. The third kappa shape index (κ3) is 3.77. The molecular formula is C17H16F3N3O3. The van der Waals surface area contributed by atoms with Gasteiger partial charge in [0.2, 0.25) is 5.82 Å². The molecule has 9 heteroatoms. The molecule has 0 atom stereocenters. The zero-order chi connectivity index (χ0) is 19.3. The number of carbonyl (C=O) groups is 1. The van der Waals surface area contributed by atoms with Gasteiger partial charge in [0.25, 0.3) is 5.91 Å². The highest BCUT2D eigenvalue weighted by molar-refractivity contribution is 5.95. The van der Waals surface area contributed by atoms with Crippen LogP contribution in [0.3, 0.4) is 0 Å². The van der Waals surface area contributed by atoms with E-state index in [9.17, 15) is 18.0 Å². The summed E-state index contributed by atoms with van der Waals surface area (Å²) in [7, 11) is 0. The van der Waals surface area contributed by atoms with Crippen molar-refractivity contribution in [2.24, 2.45) is 0 Å². The van der Waals surface area contributed by atoms with Gasteiger partial charge >= 0.3 is 0 Å². The molecular weight excluding hydrogens is 351 g/mol. The summed E-state index contributed by atoms with van der Waals surface area (Å²) in [5.41, 5.74) is 2.56. The van der Waals surface area contributed by atoms with Crippen molar-refractivity contribution in [3.8, 4) is 5.75 Å². The number of aromatic amines is 1. The standard InChI is InChI=1S/C15H10F3N3O3.C2H6/c16-9-1-2-12(14(18)13(9)17)24-6-7-4-19-10-3-11(15(22)21-23)20-5-8(7)10;1-2/h1-5,19,23H,6H2,(H,21,22);1-2H3. The molecule has 0 aliphatic rings. The first-order valence-electron chi connectivity index (χ1n) is 7.68. The number of halogens is 3. The van der Waals surface area contributed by atoms with Gasteiger partial charge in [-0.2, -0.15) is 4.39 Å². The Morgan fingerprint density at radius 3 is 2.69 bits per heavy atom. The van der Waals surface area contributed by atoms with Crippen LogP contribution in [0.4, 0.5) is 13.2 Å². The maximum atomic E-state index is 13.6. The molecule has 2 aromatic heterocycles. The Hall–Kier alpha value is -3.07. The van der Waals surface area contributed by atoms with Gasteiger partial charge in [0.05, 0.1) is 0 Å². The number of nitrogens with one attached hydrogen (secondary N) is 2. The second-order valence-corrected chi connectivity index (χ2v) is 4.83. The maximum absolute atomic E-state index is 13.6. The molecule has 2 heterocycles. The lowest BCUT2D eigenvalue weighted by Gasteiger charge is -2.07. The number of H-pyrrole nitrogens is 1. The van der Waals surface area contributed by atoms with Gasteiger partial charge in [0.1, 0.15) is 12.3 Å². The Kier molecular flexibility index (Phi) is 6.18. The quantitative estimate of drug-likeness (QED) is 0.373. The number of fused-ring (bicyclic) bond motifs is 1. The third-order valence-corrected chi connectivity index (χ3v) is 3.37. The Balaban J connectivity index is 0.00000117. The van der Waals surface area contributed by atoms with E-state index < -0.39 is 29.1 Å². The van der Waals surface area contributed by atoms with Crippen molar-refractivity contribution in [3.05, 3.63) is 59.3 Å². The van der Waals surface area contributed by atoms with Crippen LogP contribution < -0.4 is 10.2 Å². The van der Waals surface area contributed by atoms with Gasteiger partial charge in [-0.1, -0.05) is 13.8 Å². The molecule has 0 bridgehead atoms. The highest BCUT2D eigenvalue weighted by atomic mass is 19.2. The number of hydrogen-bond acceptors (Lipinski definition) is 4. The van der Waals surface area contributed by atoms with E-state index in [1.54, 1.807) is 6.20 Å². The number of hydroxylamine groups is 1. The topological polar surface area (TPSA) is 87.2 Å². The number of nitrogens with zero attached hydrogens (tertiary/aromatic N) is 1. The lowest BCUT2D eigenvalue weighted by molar-refractivity contribution is 0.0701. The van der Waals surface area contributed by atoms with Crippen LogP contribution in [0.5, 0.6) is 5.75 Å². The second-order valence-electron chi connectivity index (χ2n) is 4.83. The van der Waals surface area contributed by atoms with Crippen molar-refractivity contribution in [2.75, 3.05) is 0 Å². The van der Waals surface area contributed by atoms with Gasteiger partial charge < -0.3 is 9.72 Å². The number of pyridine rings is 1. The number of hydrogen-bond donors (Lipinski definition) is 3. The van der Waals surface area contributed by atoms with Crippen molar-refractivity contribution in [2.45, 2.75) is 20.5 Å². The summed E-state index contributed by atoms with van der Waals surface area (Å²) < 4.78 is 44.8. The fourth-order valence-electron chi connectivity index (χ4n) is 2.15. The van der Waals surface area contributed by atoms with Gasteiger partial charge in [-0.25, -0.2) is 14.3 Å². The molecule has 1 amide bonds. The molecule has 0 aliphatic heterocycles. The van der Waals surface area contributed by atoms with Crippen LogP contribution in [0.15, 0.2) is 30.6 Å². The number of rotatable bonds is 4. The lowest BCUT2D eigenvalue weighted by Crippen LogP contribution is -2.19. The fourth-order valence-corrected chi connectivity index (χ4v) is 2.15. The molecule has 0 radical (unpaired) electrons. The summed E-state index contributed by atoms with van der Waals surface area (Å²) in [5.74, 6) is -5.51. The minimum absolute atomic E-state index is 0.00836. The van der Waals surface area contributed by atoms with E-state index in [4.69, 9.17) is 9.94 Å². The molecule has 138 valence electrons. The Labute approximate surface area is 146 Å². The summed E-state index contributed by atoms with van der Waals surface area (Å²) >= 11 is 0. The minimum Gasteiger partial charge on any atom is -0.486 e. The van der Waals surface area contributed by atoms with E-state index in [2.05, 4.69) is 9.97 Å². The van der Waals surface area contributed by atoms with Crippen LogP contribution in [0.2, 0.25) is 0 Å². The molecule has 26 heavy (non-hydrogen) atoms. The Morgan fingerprint density at radius 1 is 1.27 bits per heavy atom. The van der Waals surface area contributed by atoms with E-state index in [1.165, 1.54) is 17.7 Å². The summed E-state index contributed by atoms with van der Waals surface area (Å²) in [5, 5.41) is 9.17. The first-order valence-corrected chi connectivity index (χ1v) is 7.68. The molecule has 0 saturated heterocycles. The average Bonchev–Trinajstić information content (AvgIpc) is 3.08. The van der Waals surface area contributed by atoms with Crippen LogP contribution in [0.25, 0.3) is 10.9 Å². The molecule has 0 fully saturated rings. The van der Waals surface area contributed by atoms with Gasteiger partial charge in [-0.3, -0.25) is 15.0 Å². The molecule has 1 aromatic carbocycles. The van der Waals surface area contributed by atoms with Crippen molar-refractivity contribution in [1.82, 2.24) is 15.4 Å².